The van der Waals surface area contributed by atoms with Crippen LogP contribution in [0.4, 0.5) is 11.4 Å². The van der Waals surface area contributed by atoms with Gasteiger partial charge in [0.15, 0.2) is 0 Å². The first-order valence-electron chi connectivity index (χ1n) is 8.19. The van der Waals surface area contributed by atoms with Crippen LogP contribution in [0, 0.1) is 0 Å². The number of benzene rings is 3. The van der Waals surface area contributed by atoms with Crippen molar-refractivity contribution in [2.45, 2.75) is 4.90 Å². The summed E-state index contributed by atoms with van der Waals surface area (Å²) in [6.07, 6.45) is 0. The van der Waals surface area contributed by atoms with Crippen molar-refractivity contribution < 1.29 is 22.6 Å². The SMILES string of the molecule is O=C(Nc1ccc(NC(=O)c2ccccc2)c(S(=O)(=O)O)c1)c1ccccc1. The summed E-state index contributed by atoms with van der Waals surface area (Å²) in [5, 5.41) is 5.01. The molecular weight excluding hydrogens is 380 g/mol. The molecule has 28 heavy (non-hydrogen) atoms. The van der Waals surface area contributed by atoms with Gasteiger partial charge in [-0.2, -0.15) is 8.42 Å². The number of rotatable bonds is 5. The molecule has 3 aromatic carbocycles. The summed E-state index contributed by atoms with van der Waals surface area (Å²) in [6, 6.07) is 20.4. The molecule has 8 heteroatoms. The minimum Gasteiger partial charge on any atom is -0.322 e. The normalized spacial score (nSPS) is 10.9. The van der Waals surface area contributed by atoms with E-state index < -0.39 is 26.8 Å². The molecule has 142 valence electrons. The number of nitrogens with one attached hydrogen (secondary N) is 2. The van der Waals surface area contributed by atoms with Gasteiger partial charge in [0.1, 0.15) is 4.90 Å². The third-order valence-corrected chi connectivity index (χ3v) is 4.73. The average molecular weight is 396 g/mol. The Morgan fingerprint density at radius 3 is 1.71 bits per heavy atom. The summed E-state index contributed by atoms with van der Waals surface area (Å²) in [6.45, 7) is 0. The zero-order valence-electron chi connectivity index (χ0n) is 14.5. The maximum absolute atomic E-state index is 12.3. The largest absolute Gasteiger partial charge is 0.322 e. The molecule has 7 nitrogen and oxygen atoms in total. The Hall–Kier alpha value is -3.49. The predicted molar refractivity (Wildman–Crippen MR) is 105 cm³/mol. The van der Waals surface area contributed by atoms with Gasteiger partial charge >= 0.3 is 0 Å². The summed E-state index contributed by atoms with van der Waals surface area (Å²) in [5.41, 5.74) is 0.760. The number of carbonyl (C=O) groups excluding carboxylic acids is 2. The Morgan fingerprint density at radius 1 is 0.714 bits per heavy atom. The number of hydrogen-bond donors (Lipinski definition) is 3. The first kappa shape index (κ1) is 19.3. The minimum atomic E-state index is -4.65. The quantitative estimate of drug-likeness (QED) is 0.572. The van der Waals surface area contributed by atoms with Gasteiger partial charge in [-0.25, -0.2) is 0 Å². The Bertz CT molecular complexity index is 1110. The molecule has 0 saturated heterocycles. The molecule has 2 amide bonds. The monoisotopic (exact) mass is 396 g/mol. The van der Waals surface area contributed by atoms with Gasteiger partial charge < -0.3 is 10.6 Å². The highest BCUT2D eigenvalue weighted by atomic mass is 32.2. The van der Waals surface area contributed by atoms with Crippen molar-refractivity contribution in [2.75, 3.05) is 10.6 Å². The van der Waals surface area contributed by atoms with E-state index in [1.165, 1.54) is 12.1 Å². The molecule has 0 heterocycles. The molecule has 0 atom stereocenters. The predicted octanol–water partition coefficient (Wildman–Crippen LogP) is 3.44. The maximum atomic E-state index is 12.3. The van der Waals surface area contributed by atoms with E-state index in [1.54, 1.807) is 60.7 Å². The molecule has 0 aliphatic rings. The highest BCUT2D eigenvalue weighted by Crippen LogP contribution is 2.26. The van der Waals surface area contributed by atoms with Crippen molar-refractivity contribution in [3.8, 4) is 0 Å². The first-order chi connectivity index (χ1) is 13.3. The maximum Gasteiger partial charge on any atom is 0.296 e. The molecule has 3 rings (SSSR count). The van der Waals surface area contributed by atoms with Crippen LogP contribution in [-0.4, -0.2) is 24.8 Å². The van der Waals surface area contributed by atoms with E-state index in [0.29, 0.717) is 11.1 Å². The molecule has 0 aliphatic carbocycles. The van der Waals surface area contributed by atoms with Crippen molar-refractivity contribution in [3.05, 3.63) is 90.0 Å². The third-order valence-electron chi connectivity index (χ3n) is 3.84. The Kier molecular flexibility index (Phi) is 5.53. The standard InChI is InChI=1S/C20H16N2O5S/c23-19(14-7-3-1-4-8-14)21-16-11-12-17(18(13-16)28(25,26)27)22-20(24)15-9-5-2-6-10-15/h1-13H,(H,21,23)(H,22,24)(H,25,26,27). The molecule has 0 saturated carbocycles. The van der Waals surface area contributed by atoms with Crippen LogP contribution in [0.15, 0.2) is 83.8 Å². The zero-order chi connectivity index (χ0) is 20.1. The molecule has 0 aliphatic heterocycles. The van der Waals surface area contributed by atoms with Crippen LogP contribution in [0.25, 0.3) is 0 Å². The molecule has 0 aromatic heterocycles. The highest BCUT2D eigenvalue weighted by molar-refractivity contribution is 7.86. The fourth-order valence-corrected chi connectivity index (χ4v) is 3.17. The van der Waals surface area contributed by atoms with E-state index in [4.69, 9.17) is 0 Å². The van der Waals surface area contributed by atoms with Crippen molar-refractivity contribution >= 4 is 33.3 Å². The average Bonchev–Trinajstić information content (AvgIpc) is 2.69. The van der Waals surface area contributed by atoms with E-state index in [2.05, 4.69) is 10.6 Å². The van der Waals surface area contributed by atoms with Crippen LogP contribution < -0.4 is 10.6 Å². The summed E-state index contributed by atoms with van der Waals surface area (Å²) in [7, 11) is -4.65. The summed E-state index contributed by atoms with van der Waals surface area (Å²) in [4.78, 5) is 24.0. The van der Waals surface area contributed by atoms with Crippen LogP contribution >= 0.6 is 0 Å². The van der Waals surface area contributed by atoms with E-state index in [0.717, 1.165) is 6.07 Å². The molecule has 0 radical (unpaired) electrons. The molecule has 0 spiro atoms. The van der Waals surface area contributed by atoms with Crippen LogP contribution in [0.2, 0.25) is 0 Å². The Morgan fingerprint density at radius 2 is 1.21 bits per heavy atom. The summed E-state index contributed by atoms with van der Waals surface area (Å²) in [5.74, 6) is -0.977. The van der Waals surface area contributed by atoms with Crippen LogP contribution in [0.5, 0.6) is 0 Å². The van der Waals surface area contributed by atoms with Crippen molar-refractivity contribution in [1.29, 1.82) is 0 Å². The minimum absolute atomic E-state index is 0.103. The number of carbonyl (C=O) groups is 2. The first-order valence-corrected chi connectivity index (χ1v) is 9.63. The second-order valence-electron chi connectivity index (χ2n) is 5.83. The lowest BCUT2D eigenvalue weighted by Gasteiger charge is -2.12. The van der Waals surface area contributed by atoms with Crippen molar-refractivity contribution in [1.82, 2.24) is 0 Å². The van der Waals surface area contributed by atoms with Crippen LogP contribution in [-0.2, 0) is 10.1 Å². The van der Waals surface area contributed by atoms with E-state index in [9.17, 15) is 22.6 Å². The van der Waals surface area contributed by atoms with Gasteiger partial charge in [0.05, 0.1) is 5.69 Å². The Balaban J connectivity index is 1.88. The van der Waals surface area contributed by atoms with Gasteiger partial charge in [0, 0.05) is 16.8 Å². The van der Waals surface area contributed by atoms with Gasteiger partial charge in [-0.1, -0.05) is 36.4 Å². The zero-order valence-corrected chi connectivity index (χ0v) is 15.3. The van der Waals surface area contributed by atoms with E-state index >= 15 is 0 Å². The fraction of sp³-hybridized carbons (Fsp3) is 0. The summed E-state index contributed by atoms with van der Waals surface area (Å²) >= 11 is 0. The van der Waals surface area contributed by atoms with Gasteiger partial charge in [-0.05, 0) is 42.5 Å². The third kappa shape index (κ3) is 4.61. The Labute approximate surface area is 161 Å². The van der Waals surface area contributed by atoms with Gasteiger partial charge in [0.2, 0.25) is 0 Å². The highest BCUT2D eigenvalue weighted by Gasteiger charge is 2.19. The number of hydrogen-bond acceptors (Lipinski definition) is 4. The molecule has 0 bridgehead atoms. The molecule has 3 aromatic rings. The second kappa shape index (κ2) is 8.03. The fourth-order valence-electron chi connectivity index (χ4n) is 2.49. The molecule has 0 unspecified atom stereocenters. The van der Waals surface area contributed by atoms with E-state index in [-0.39, 0.29) is 11.4 Å². The number of amides is 2. The smallest absolute Gasteiger partial charge is 0.296 e. The lowest BCUT2D eigenvalue weighted by molar-refractivity contribution is 0.101. The van der Waals surface area contributed by atoms with Crippen LogP contribution in [0.3, 0.4) is 0 Å². The van der Waals surface area contributed by atoms with Crippen molar-refractivity contribution in [3.63, 3.8) is 0 Å². The summed E-state index contributed by atoms with van der Waals surface area (Å²) < 4.78 is 33.1. The van der Waals surface area contributed by atoms with Gasteiger partial charge in [-0.3, -0.25) is 14.1 Å². The topological polar surface area (TPSA) is 113 Å². The van der Waals surface area contributed by atoms with Gasteiger partial charge in [-0.15, -0.1) is 0 Å². The van der Waals surface area contributed by atoms with Crippen molar-refractivity contribution in [2.24, 2.45) is 0 Å². The molecular formula is C20H16N2O5S. The number of anilines is 2. The molecule has 3 N–H and O–H groups in total. The van der Waals surface area contributed by atoms with E-state index in [1.807, 2.05) is 0 Å². The lowest BCUT2D eigenvalue weighted by Crippen LogP contribution is -2.16. The van der Waals surface area contributed by atoms with Gasteiger partial charge in [0.25, 0.3) is 21.9 Å². The second-order valence-corrected chi connectivity index (χ2v) is 7.22. The molecule has 0 fully saturated rings. The lowest BCUT2D eigenvalue weighted by atomic mass is 10.2. The van der Waals surface area contributed by atoms with Crippen LogP contribution in [0.1, 0.15) is 20.7 Å².